The Balaban J connectivity index is 2.11. The Morgan fingerprint density at radius 3 is 2.71 bits per heavy atom. The topological polar surface area (TPSA) is 127 Å². The summed E-state index contributed by atoms with van der Waals surface area (Å²) >= 11 is 0. The van der Waals surface area contributed by atoms with Gasteiger partial charge in [-0.3, -0.25) is 19.8 Å². The van der Waals surface area contributed by atoms with E-state index in [0.717, 1.165) is 5.56 Å². The smallest absolute Gasteiger partial charge is 0.234 e. The van der Waals surface area contributed by atoms with Crippen LogP contribution in [0, 0.1) is 5.41 Å². The molecular formula is C12H16N6O2S. The average molecular weight is 308 g/mol. The van der Waals surface area contributed by atoms with E-state index in [1.165, 1.54) is 10.9 Å². The van der Waals surface area contributed by atoms with Crippen molar-refractivity contribution in [1.29, 1.82) is 5.41 Å². The molecular weight excluding hydrogens is 292 g/mol. The summed E-state index contributed by atoms with van der Waals surface area (Å²) in [5, 5.41) is 11.3. The van der Waals surface area contributed by atoms with Gasteiger partial charge in [0, 0.05) is 19.4 Å². The predicted molar refractivity (Wildman–Crippen MR) is 79.6 cm³/mol. The minimum Gasteiger partial charge on any atom is -0.384 e. The third-order valence-electron chi connectivity index (χ3n) is 2.89. The zero-order chi connectivity index (χ0) is 15.5. The van der Waals surface area contributed by atoms with Gasteiger partial charge in [0.05, 0.1) is 17.5 Å². The second kappa shape index (κ2) is 5.92. The number of nitrogens with zero attached hydrogens (tertiary/aromatic N) is 3. The maximum atomic E-state index is 12.1. The van der Waals surface area contributed by atoms with Gasteiger partial charge < -0.3 is 5.73 Å². The number of rotatable bonds is 6. The second-order valence-electron chi connectivity index (χ2n) is 4.47. The number of amidine groups is 1. The molecule has 0 saturated carbocycles. The van der Waals surface area contributed by atoms with Gasteiger partial charge in [0.25, 0.3) is 0 Å². The molecule has 4 N–H and O–H groups in total. The molecule has 112 valence electrons. The van der Waals surface area contributed by atoms with Crippen LogP contribution in [0.2, 0.25) is 0 Å². The number of sulfonamides is 1. The van der Waals surface area contributed by atoms with Crippen molar-refractivity contribution >= 4 is 21.7 Å². The Kier molecular flexibility index (Phi) is 4.22. The minimum absolute atomic E-state index is 0.0838. The van der Waals surface area contributed by atoms with E-state index in [2.05, 4.69) is 14.8 Å². The van der Waals surface area contributed by atoms with Crippen LogP contribution in [0.15, 0.2) is 30.7 Å². The fraction of sp³-hybridized carbons (Fsp3) is 0.250. The fourth-order valence-corrected chi connectivity index (χ4v) is 2.90. The molecule has 0 aliphatic rings. The van der Waals surface area contributed by atoms with Gasteiger partial charge in [0.1, 0.15) is 11.7 Å². The lowest BCUT2D eigenvalue weighted by molar-refractivity contribution is 0.599. The van der Waals surface area contributed by atoms with E-state index in [9.17, 15) is 8.42 Å². The largest absolute Gasteiger partial charge is 0.384 e. The van der Waals surface area contributed by atoms with Crippen LogP contribution in [0.5, 0.6) is 0 Å². The third kappa shape index (κ3) is 3.78. The van der Waals surface area contributed by atoms with Crippen LogP contribution in [0.25, 0.3) is 0 Å². The van der Waals surface area contributed by atoms with Crippen LogP contribution in [-0.2, 0) is 23.5 Å². The molecule has 21 heavy (non-hydrogen) atoms. The Morgan fingerprint density at radius 2 is 2.10 bits per heavy atom. The fourth-order valence-electron chi connectivity index (χ4n) is 1.76. The second-order valence-corrected chi connectivity index (χ2v) is 6.31. The van der Waals surface area contributed by atoms with Crippen molar-refractivity contribution in [2.24, 2.45) is 12.8 Å². The van der Waals surface area contributed by atoms with Crippen LogP contribution < -0.4 is 10.5 Å². The Morgan fingerprint density at radius 1 is 1.43 bits per heavy atom. The number of anilines is 1. The highest BCUT2D eigenvalue weighted by atomic mass is 32.2. The molecule has 2 aromatic rings. The highest BCUT2D eigenvalue weighted by Gasteiger charge is 2.18. The predicted octanol–water partition coefficient (Wildman–Crippen LogP) is 0.0836. The number of pyridine rings is 1. The van der Waals surface area contributed by atoms with Crippen LogP contribution in [0.3, 0.4) is 0 Å². The van der Waals surface area contributed by atoms with Gasteiger partial charge in [-0.2, -0.15) is 5.10 Å². The molecule has 2 heterocycles. The number of hydrogen-bond donors (Lipinski definition) is 3. The molecule has 0 fully saturated rings. The van der Waals surface area contributed by atoms with Crippen molar-refractivity contribution in [3.8, 4) is 0 Å². The Bertz CT molecular complexity index is 738. The van der Waals surface area contributed by atoms with Gasteiger partial charge in [-0.15, -0.1) is 0 Å². The third-order valence-corrected chi connectivity index (χ3v) is 4.14. The molecule has 0 amide bonds. The van der Waals surface area contributed by atoms with Crippen LogP contribution >= 0.6 is 0 Å². The first-order chi connectivity index (χ1) is 9.89. The quantitative estimate of drug-likeness (QED) is 0.514. The summed E-state index contributed by atoms with van der Waals surface area (Å²) in [5.41, 5.74) is 6.54. The molecule has 0 aliphatic carbocycles. The molecule has 0 bridgehead atoms. The van der Waals surface area contributed by atoms with Crippen molar-refractivity contribution in [1.82, 2.24) is 14.8 Å². The molecule has 0 atom stereocenters. The molecule has 2 rings (SSSR count). The van der Waals surface area contributed by atoms with Crippen molar-refractivity contribution in [2.75, 3.05) is 10.5 Å². The Labute approximate surface area is 122 Å². The van der Waals surface area contributed by atoms with E-state index in [1.807, 2.05) is 0 Å². The van der Waals surface area contributed by atoms with Crippen LogP contribution in [-0.4, -0.2) is 34.8 Å². The summed E-state index contributed by atoms with van der Waals surface area (Å²) in [5.74, 6) is -0.133. The molecule has 0 aromatic carbocycles. The Hall–Kier alpha value is -2.42. The zero-order valence-corrected chi connectivity index (χ0v) is 12.3. The van der Waals surface area contributed by atoms with E-state index in [4.69, 9.17) is 11.1 Å². The molecule has 0 spiro atoms. The highest BCUT2D eigenvalue weighted by Crippen LogP contribution is 2.15. The van der Waals surface area contributed by atoms with E-state index in [1.54, 1.807) is 31.6 Å². The van der Waals surface area contributed by atoms with Gasteiger partial charge in [-0.25, -0.2) is 8.42 Å². The SMILES string of the molecule is Cn1ncc(C(=N)N)c1NS(=O)(=O)CCc1ccncc1. The van der Waals surface area contributed by atoms with E-state index < -0.39 is 10.0 Å². The standard InChI is InChI=1S/C12H16N6O2S/c1-18-12(10(8-16-18)11(13)14)17-21(19,20)7-4-9-2-5-15-6-3-9/h2-3,5-6,8,17H,4,7H2,1H3,(H3,13,14). The molecule has 0 radical (unpaired) electrons. The van der Waals surface area contributed by atoms with E-state index in [-0.39, 0.29) is 23.0 Å². The molecule has 0 saturated heterocycles. The molecule has 9 heteroatoms. The maximum Gasteiger partial charge on any atom is 0.234 e. The normalized spacial score (nSPS) is 11.3. The van der Waals surface area contributed by atoms with Crippen molar-refractivity contribution < 1.29 is 8.42 Å². The first kappa shape index (κ1) is 15.0. The maximum absolute atomic E-state index is 12.1. The number of nitrogens with one attached hydrogen (secondary N) is 2. The van der Waals surface area contributed by atoms with E-state index in [0.29, 0.717) is 6.42 Å². The summed E-state index contributed by atoms with van der Waals surface area (Å²) in [6, 6.07) is 3.53. The lowest BCUT2D eigenvalue weighted by Gasteiger charge is -2.10. The first-order valence-corrected chi connectivity index (χ1v) is 7.80. The van der Waals surface area contributed by atoms with Crippen molar-refractivity contribution in [3.63, 3.8) is 0 Å². The molecule has 0 unspecified atom stereocenters. The van der Waals surface area contributed by atoms with Gasteiger partial charge in [0.2, 0.25) is 10.0 Å². The first-order valence-electron chi connectivity index (χ1n) is 6.15. The molecule has 0 aliphatic heterocycles. The summed E-state index contributed by atoms with van der Waals surface area (Å²) in [6.45, 7) is 0. The summed E-state index contributed by atoms with van der Waals surface area (Å²) in [6.07, 6.45) is 4.95. The lowest BCUT2D eigenvalue weighted by Crippen LogP contribution is -2.22. The van der Waals surface area contributed by atoms with Gasteiger partial charge in [-0.1, -0.05) is 0 Å². The van der Waals surface area contributed by atoms with Gasteiger partial charge in [-0.05, 0) is 24.1 Å². The van der Waals surface area contributed by atoms with Crippen LogP contribution in [0.1, 0.15) is 11.1 Å². The number of aromatic nitrogens is 3. The zero-order valence-electron chi connectivity index (χ0n) is 11.4. The number of nitrogens with two attached hydrogens (primary N) is 1. The highest BCUT2D eigenvalue weighted by molar-refractivity contribution is 7.92. The molecule has 8 nitrogen and oxygen atoms in total. The van der Waals surface area contributed by atoms with Gasteiger partial charge >= 0.3 is 0 Å². The monoisotopic (exact) mass is 308 g/mol. The van der Waals surface area contributed by atoms with Gasteiger partial charge in [0.15, 0.2) is 0 Å². The summed E-state index contributed by atoms with van der Waals surface area (Å²) in [4.78, 5) is 3.88. The average Bonchev–Trinajstić information content (AvgIpc) is 2.79. The summed E-state index contributed by atoms with van der Waals surface area (Å²) < 4.78 is 28.0. The number of aryl methyl sites for hydroxylation is 2. The van der Waals surface area contributed by atoms with E-state index >= 15 is 0 Å². The number of hydrogen-bond acceptors (Lipinski definition) is 5. The van der Waals surface area contributed by atoms with Crippen molar-refractivity contribution in [2.45, 2.75) is 6.42 Å². The van der Waals surface area contributed by atoms with Crippen LogP contribution in [0.4, 0.5) is 5.82 Å². The lowest BCUT2D eigenvalue weighted by atomic mass is 10.2. The van der Waals surface area contributed by atoms with Crippen molar-refractivity contribution in [3.05, 3.63) is 41.9 Å². The molecule has 2 aromatic heterocycles. The minimum atomic E-state index is -3.56. The summed E-state index contributed by atoms with van der Waals surface area (Å²) in [7, 11) is -1.99. The number of nitrogen functional groups attached to an aromatic ring is 1.